The Hall–Kier alpha value is -3.69. The number of anilines is 1. The second-order valence-electron chi connectivity index (χ2n) is 7.35. The van der Waals surface area contributed by atoms with Crippen molar-refractivity contribution in [3.05, 3.63) is 59.7 Å². The summed E-state index contributed by atoms with van der Waals surface area (Å²) in [5.74, 6) is 0.0399. The van der Waals surface area contributed by atoms with Gasteiger partial charge >= 0.3 is 12.1 Å². The highest BCUT2D eigenvalue weighted by atomic mass is 19.4. The van der Waals surface area contributed by atoms with Crippen molar-refractivity contribution in [1.82, 2.24) is 9.78 Å². The van der Waals surface area contributed by atoms with Gasteiger partial charge in [0.25, 0.3) is 0 Å². The zero-order valence-corrected chi connectivity index (χ0v) is 17.2. The van der Waals surface area contributed by atoms with Crippen LogP contribution in [0.5, 0.6) is 11.5 Å². The summed E-state index contributed by atoms with van der Waals surface area (Å²) in [7, 11) is 2.95. The topological polar surface area (TPSA) is 85.6 Å². The lowest BCUT2D eigenvalue weighted by atomic mass is 9.96. The number of aromatic nitrogens is 2. The molecule has 1 aliphatic rings. The molecule has 168 valence electrons. The number of benzene rings is 2. The zero-order valence-electron chi connectivity index (χ0n) is 17.2. The average Bonchev–Trinajstić information content (AvgIpc) is 3.21. The fraction of sp³-hybridized carbons (Fsp3) is 0.273. The minimum atomic E-state index is -4.51. The fourth-order valence-corrected chi connectivity index (χ4v) is 3.79. The lowest BCUT2D eigenvalue weighted by molar-refractivity contribution is -0.173. The number of ether oxygens (including phenoxy) is 2. The Kier molecular flexibility index (Phi) is 5.45. The molecule has 3 aromatic rings. The first-order valence-corrected chi connectivity index (χ1v) is 9.69. The van der Waals surface area contributed by atoms with E-state index in [0.29, 0.717) is 28.3 Å². The summed E-state index contributed by atoms with van der Waals surface area (Å²) in [4.78, 5) is 11.0. The molecule has 0 amide bonds. The standard InChI is InChI=1S/C22H20F3N3O4/c1-31-17-8-7-14(9-18(17)32-2)15-10-19(22(23,24)25)28-20(26-15)11-16(27-28)12-3-5-13(6-4-12)21(29)30/h3-9,11,15,19,26H,10H2,1-2H3,(H,29,30). The van der Waals surface area contributed by atoms with Gasteiger partial charge in [-0.1, -0.05) is 18.2 Å². The van der Waals surface area contributed by atoms with E-state index >= 15 is 0 Å². The molecule has 1 aromatic heterocycles. The van der Waals surface area contributed by atoms with E-state index in [9.17, 15) is 18.0 Å². The third-order valence-electron chi connectivity index (χ3n) is 5.43. The highest BCUT2D eigenvalue weighted by Gasteiger charge is 2.46. The molecular formula is C22H20F3N3O4. The van der Waals surface area contributed by atoms with Crippen LogP contribution in [0.4, 0.5) is 19.0 Å². The molecule has 0 aliphatic carbocycles. The molecule has 1 aliphatic heterocycles. The first-order valence-electron chi connectivity index (χ1n) is 9.69. The third-order valence-corrected chi connectivity index (χ3v) is 5.43. The molecular weight excluding hydrogens is 427 g/mol. The minimum Gasteiger partial charge on any atom is -0.493 e. The summed E-state index contributed by atoms with van der Waals surface area (Å²) >= 11 is 0. The zero-order chi connectivity index (χ0) is 23.0. The largest absolute Gasteiger partial charge is 0.493 e. The van der Waals surface area contributed by atoms with Gasteiger partial charge in [0.2, 0.25) is 0 Å². The van der Waals surface area contributed by atoms with E-state index < -0.39 is 24.2 Å². The number of rotatable bonds is 5. The molecule has 2 aromatic carbocycles. The van der Waals surface area contributed by atoms with E-state index in [0.717, 1.165) is 4.68 Å². The molecule has 2 heterocycles. The van der Waals surface area contributed by atoms with Gasteiger partial charge in [-0.15, -0.1) is 0 Å². The number of carbonyl (C=O) groups is 1. The molecule has 32 heavy (non-hydrogen) atoms. The number of methoxy groups -OCH3 is 2. The summed E-state index contributed by atoms with van der Waals surface area (Å²) in [5.41, 5.74) is 1.53. The maximum atomic E-state index is 13.9. The predicted molar refractivity (Wildman–Crippen MR) is 110 cm³/mol. The number of aromatic carboxylic acids is 1. The number of hydrogen-bond acceptors (Lipinski definition) is 5. The Morgan fingerprint density at radius 1 is 1.09 bits per heavy atom. The van der Waals surface area contributed by atoms with Gasteiger partial charge in [0.1, 0.15) is 5.82 Å². The summed E-state index contributed by atoms with van der Waals surface area (Å²) in [6.07, 6.45) is -4.77. The van der Waals surface area contributed by atoms with Crippen molar-refractivity contribution in [1.29, 1.82) is 0 Å². The Morgan fingerprint density at radius 2 is 1.78 bits per heavy atom. The van der Waals surface area contributed by atoms with Gasteiger partial charge in [0.05, 0.1) is 31.5 Å². The van der Waals surface area contributed by atoms with Crippen LogP contribution < -0.4 is 14.8 Å². The Bertz CT molecular complexity index is 1140. The summed E-state index contributed by atoms with van der Waals surface area (Å²) < 4.78 is 53.2. The Morgan fingerprint density at radius 3 is 2.38 bits per heavy atom. The van der Waals surface area contributed by atoms with Crippen molar-refractivity contribution in [3.63, 3.8) is 0 Å². The molecule has 2 unspecified atom stereocenters. The van der Waals surface area contributed by atoms with E-state index in [1.54, 1.807) is 18.2 Å². The van der Waals surface area contributed by atoms with Gasteiger partial charge in [0, 0.05) is 18.1 Å². The van der Waals surface area contributed by atoms with Crippen LogP contribution in [0.25, 0.3) is 11.3 Å². The van der Waals surface area contributed by atoms with Crippen LogP contribution in [0.3, 0.4) is 0 Å². The number of nitrogens with one attached hydrogen (secondary N) is 1. The monoisotopic (exact) mass is 447 g/mol. The molecule has 0 saturated carbocycles. The molecule has 7 nitrogen and oxygen atoms in total. The molecule has 0 fully saturated rings. The summed E-state index contributed by atoms with van der Waals surface area (Å²) in [5, 5.41) is 16.3. The third kappa shape index (κ3) is 3.95. The first kappa shape index (κ1) is 21.5. The van der Waals surface area contributed by atoms with Crippen molar-refractivity contribution in [2.24, 2.45) is 0 Å². The Balaban J connectivity index is 1.71. The van der Waals surface area contributed by atoms with Crippen LogP contribution >= 0.6 is 0 Å². The molecule has 4 rings (SSSR count). The van der Waals surface area contributed by atoms with Crippen LogP contribution in [0, 0.1) is 0 Å². The molecule has 0 bridgehead atoms. The van der Waals surface area contributed by atoms with Crippen LogP contribution in [0.15, 0.2) is 48.5 Å². The Labute approximate surface area is 181 Å². The van der Waals surface area contributed by atoms with Crippen molar-refractivity contribution in [2.45, 2.75) is 24.7 Å². The molecule has 0 saturated heterocycles. The van der Waals surface area contributed by atoms with Crippen LogP contribution in [-0.2, 0) is 0 Å². The van der Waals surface area contributed by atoms with Crippen LogP contribution in [0.2, 0.25) is 0 Å². The van der Waals surface area contributed by atoms with Gasteiger partial charge in [-0.3, -0.25) is 0 Å². The maximum absolute atomic E-state index is 13.9. The van der Waals surface area contributed by atoms with Gasteiger partial charge in [-0.2, -0.15) is 18.3 Å². The van der Waals surface area contributed by atoms with Crippen molar-refractivity contribution >= 4 is 11.8 Å². The average molecular weight is 447 g/mol. The van der Waals surface area contributed by atoms with Crippen LogP contribution in [-0.4, -0.2) is 41.3 Å². The highest BCUT2D eigenvalue weighted by molar-refractivity contribution is 5.88. The number of alkyl halides is 3. The fourth-order valence-electron chi connectivity index (χ4n) is 3.79. The number of fused-ring (bicyclic) bond motifs is 1. The molecule has 2 atom stereocenters. The number of nitrogens with zero attached hydrogens (tertiary/aromatic N) is 2. The van der Waals surface area contributed by atoms with Gasteiger partial charge < -0.3 is 19.9 Å². The lowest BCUT2D eigenvalue weighted by Crippen LogP contribution is -2.35. The van der Waals surface area contributed by atoms with Crippen molar-refractivity contribution in [3.8, 4) is 22.8 Å². The smallest absolute Gasteiger partial charge is 0.410 e. The second kappa shape index (κ2) is 8.10. The van der Waals surface area contributed by atoms with Crippen molar-refractivity contribution < 1.29 is 32.5 Å². The normalized spacial score (nSPS) is 17.9. The van der Waals surface area contributed by atoms with E-state index in [1.165, 1.54) is 44.6 Å². The highest BCUT2D eigenvalue weighted by Crippen LogP contribution is 2.45. The van der Waals surface area contributed by atoms with Gasteiger partial charge in [0.15, 0.2) is 17.5 Å². The van der Waals surface area contributed by atoms with Gasteiger partial charge in [-0.25, -0.2) is 9.48 Å². The number of carboxylic acids is 1. The van der Waals surface area contributed by atoms with Gasteiger partial charge in [-0.05, 0) is 29.8 Å². The van der Waals surface area contributed by atoms with Crippen LogP contribution in [0.1, 0.15) is 34.4 Å². The SMILES string of the molecule is COc1ccc(C2CC(C(F)(F)F)n3nc(-c4ccc(C(=O)O)cc4)cc3N2)cc1OC. The molecule has 2 N–H and O–H groups in total. The summed E-state index contributed by atoms with van der Waals surface area (Å²) in [6.45, 7) is 0. The maximum Gasteiger partial charge on any atom is 0.410 e. The van der Waals surface area contributed by atoms with E-state index in [1.807, 2.05) is 0 Å². The van der Waals surface area contributed by atoms with E-state index in [2.05, 4.69) is 10.4 Å². The lowest BCUT2D eigenvalue weighted by Gasteiger charge is -2.33. The number of carboxylic acid groups (broad SMARTS) is 1. The number of halogens is 3. The minimum absolute atomic E-state index is 0.0810. The molecule has 0 spiro atoms. The predicted octanol–water partition coefficient (Wildman–Crippen LogP) is 4.93. The quantitative estimate of drug-likeness (QED) is 0.577. The summed E-state index contributed by atoms with van der Waals surface area (Å²) in [6, 6.07) is 9.89. The second-order valence-corrected chi connectivity index (χ2v) is 7.35. The van der Waals surface area contributed by atoms with Crippen molar-refractivity contribution in [2.75, 3.05) is 19.5 Å². The first-order chi connectivity index (χ1) is 15.2. The van der Waals surface area contributed by atoms with E-state index in [-0.39, 0.29) is 17.8 Å². The molecule has 0 radical (unpaired) electrons. The number of hydrogen-bond donors (Lipinski definition) is 2. The van der Waals surface area contributed by atoms with E-state index in [4.69, 9.17) is 14.6 Å². The molecule has 10 heteroatoms.